The molecule has 1 N–H and O–H groups in total. The van der Waals surface area contributed by atoms with Crippen LogP contribution in [-0.4, -0.2) is 27.9 Å². The van der Waals surface area contributed by atoms with Gasteiger partial charge in [0, 0.05) is 12.1 Å². The second-order valence-electron chi connectivity index (χ2n) is 6.95. The number of carbonyl (C=O) groups is 1. The topological polar surface area (TPSA) is 125 Å². The standard InChI is InChI=1S/C20H21N3O6/c24-20(15-10-16(22(25)26)12-17(11-15)23(27)28)21-18-8-4-5-9-19(18)29-13-14-6-2-1-3-7-14/h1-3,6-7,10-12,18-19H,4-5,8-9,13H2,(H,21,24). The zero-order valence-electron chi connectivity index (χ0n) is 15.7. The van der Waals surface area contributed by atoms with E-state index in [0.29, 0.717) is 13.0 Å². The third-order valence-electron chi connectivity index (χ3n) is 4.91. The first kappa shape index (κ1) is 20.4. The van der Waals surface area contributed by atoms with E-state index in [1.54, 1.807) is 0 Å². The summed E-state index contributed by atoms with van der Waals surface area (Å²) in [6.07, 6.45) is 3.20. The predicted molar refractivity (Wildman–Crippen MR) is 104 cm³/mol. The maximum Gasteiger partial charge on any atom is 0.277 e. The van der Waals surface area contributed by atoms with Crippen molar-refractivity contribution in [2.75, 3.05) is 0 Å². The number of nitrogens with zero attached hydrogens (tertiary/aromatic N) is 2. The smallest absolute Gasteiger partial charge is 0.277 e. The van der Waals surface area contributed by atoms with Crippen molar-refractivity contribution in [3.05, 3.63) is 79.9 Å². The molecule has 2 atom stereocenters. The summed E-state index contributed by atoms with van der Waals surface area (Å²) >= 11 is 0. The fraction of sp³-hybridized carbons (Fsp3) is 0.350. The number of amides is 1. The van der Waals surface area contributed by atoms with Crippen molar-refractivity contribution in [3.8, 4) is 0 Å². The summed E-state index contributed by atoms with van der Waals surface area (Å²) in [5.74, 6) is -0.586. The SMILES string of the molecule is O=C(NC1CCCCC1OCc1ccccc1)c1cc([N+](=O)[O-])cc([N+](=O)[O-])c1. The van der Waals surface area contributed by atoms with E-state index in [0.717, 1.165) is 43.0 Å². The Kier molecular flexibility index (Phi) is 6.50. The van der Waals surface area contributed by atoms with Crippen LogP contribution in [0.5, 0.6) is 0 Å². The van der Waals surface area contributed by atoms with Gasteiger partial charge in [0.25, 0.3) is 17.3 Å². The Hall–Kier alpha value is -3.33. The first-order valence-corrected chi connectivity index (χ1v) is 9.34. The molecule has 3 rings (SSSR count). The van der Waals surface area contributed by atoms with E-state index >= 15 is 0 Å². The Bertz CT molecular complexity index is 870. The zero-order valence-corrected chi connectivity index (χ0v) is 15.7. The normalized spacial score (nSPS) is 18.8. The molecule has 152 valence electrons. The van der Waals surface area contributed by atoms with Gasteiger partial charge in [-0.2, -0.15) is 0 Å². The molecule has 0 spiro atoms. The molecule has 0 aromatic heterocycles. The highest BCUT2D eigenvalue weighted by Crippen LogP contribution is 2.25. The molecule has 1 aliphatic rings. The van der Waals surface area contributed by atoms with Crippen molar-refractivity contribution in [1.82, 2.24) is 5.32 Å². The number of hydrogen-bond donors (Lipinski definition) is 1. The van der Waals surface area contributed by atoms with Gasteiger partial charge in [-0.3, -0.25) is 25.0 Å². The summed E-state index contributed by atoms with van der Waals surface area (Å²) in [4.78, 5) is 33.3. The molecule has 0 saturated heterocycles. The lowest BCUT2D eigenvalue weighted by Crippen LogP contribution is -2.46. The molecule has 9 nitrogen and oxygen atoms in total. The number of rotatable bonds is 7. The maximum absolute atomic E-state index is 12.7. The average Bonchev–Trinajstić information content (AvgIpc) is 2.73. The van der Waals surface area contributed by atoms with Crippen LogP contribution in [0.15, 0.2) is 48.5 Å². The molecule has 1 fully saturated rings. The second-order valence-corrected chi connectivity index (χ2v) is 6.95. The molecule has 2 aromatic carbocycles. The third-order valence-corrected chi connectivity index (χ3v) is 4.91. The van der Waals surface area contributed by atoms with E-state index in [9.17, 15) is 25.0 Å². The van der Waals surface area contributed by atoms with E-state index < -0.39 is 27.1 Å². The molecule has 1 saturated carbocycles. The summed E-state index contributed by atoms with van der Waals surface area (Å²) in [6.45, 7) is 0.417. The van der Waals surface area contributed by atoms with Gasteiger partial charge in [0.2, 0.25) is 0 Å². The van der Waals surface area contributed by atoms with Crippen molar-refractivity contribution in [2.45, 2.75) is 44.4 Å². The molecule has 29 heavy (non-hydrogen) atoms. The van der Waals surface area contributed by atoms with Gasteiger partial charge in [0.15, 0.2) is 0 Å². The van der Waals surface area contributed by atoms with Crippen molar-refractivity contribution in [3.63, 3.8) is 0 Å². The van der Waals surface area contributed by atoms with E-state index in [1.807, 2.05) is 30.3 Å². The number of carbonyl (C=O) groups excluding carboxylic acids is 1. The van der Waals surface area contributed by atoms with Crippen LogP contribution < -0.4 is 5.32 Å². The zero-order chi connectivity index (χ0) is 20.8. The Labute approximate surface area is 167 Å². The van der Waals surface area contributed by atoms with Gasteiger partial charge in [-0.25, -0.2) is 0 Å². The number of nitrogens with one attached hydrogen (secondary N) is 1. The molecule has 0 aliphatic heterocycles. The van der Waals surface area contributed by atoms with Gasteiger partial charge in [0.05, 0.1) is 40.2 Å². The van der Waals surface area contributed by atoms with Gasteiger partial charge in [0.1, 0.15) is 0 Å². The lowest BCUT2D eigenvalue weighted by atomic mass is 9.92. The molecule has 0 bridgehead atoms. The van der Waals surface area contributed by atoms with Crippen LogP contribution in [0.2, 0.25) is 0 Å². The minimum absolute atomic E-state index is 0.113. The summed E-state index contributed by atoms with van der Waals surface area (Å²) in [6, 6.07) is 12.3. The van der Waals surface area contributed by atoms with Crippen molar-refractivity contribution >= 4 is 17.3 Å². The van der Waals surface area contributed by atoms with E-state index in [-0.39, 0.29) is 17.7 Å². The fourth-order valence-electron chi connectivity index (χ4n) is 3.43. The van der Waals surface area contributed by atoms with Crippen LogP contribution in [0.3, 0.4) is 0 Å². The van der Waals surface area contributed by atoms with Crippen LogP contribution in [0.4, 0.5) is 11.4 Å². The molecule has 0 radical (unpaired) electrons. The number of non-ortho nitro benzene ring substituents is 2. The van der Waals surface area contributed by atoms with Gasteiger partial charge >= 0.3 is 0 Å². The highest BCUT2D eigenvalue weighted by atomic mass is 16.6. The van der Waals surface area contributed by atoms with Gasteiger partial charge in [-0.1, -0.05) is 43.2 Å². The molecular formula is C20H21N3O6. The molecular weight excluding hydrogens is 378 g/mol. The summed E-state index contributed by atoms with van der Waals surface area (Å²) < 4.78 is 6.01. The molecule has 1 aliphatic carbocycles. The van der Waals surface area contributed by atoms with Crippen LogP contribution in [0.25, 0.3) is 0 Å². The van der Waals surface area contributed by atoms with Gasteiger partial charge in [-0.15, -0.1) is 0 Å². The Morgan fingerprint density at radius 3 is 2.24 bits per heavy atom. The van der Waals surface area contributed by atoms with Crippen molar-refractivity contribution < 1.29 is 19.4 Å². The monoisotopic (exact) mass is 399 g/mol. The minimum atomic E-state index is -0.754. The van der Waals surface area contributed by atoms with E-state index in [1.165, 1.54) is 0 Å². The molecule has 2 aromatic rings. The number of nitro benzene ring substituents is 2. The predicted octanol–water partition coefficient (Wildman–Crippen LogP) is 3.76. The summed E-state index contributed by atoms with van der Waals surface area (Å²) in [7, 11) is 0. The Morgan fingerprint density at radius 1 is 1.00 bits per heavy atom. The summed E-state index contributed by atoms with van der Waals surface area (Å²) in [5.41, 5.74) is -0.0783. The first-order chi connectivity index (χ1) is 13.9. The van der Waals surface area contributed by atoms with Crippen LogP contribution in [0.1, 0.15) is 41.6 Å². The molecule has 0 heterocycles. The number of benzene rings is 2. The minimum Gasteiger partial charge on any atom is -0.371 e. The maximum atomic E-state index is 12.7. The quantitative estimate of drug-likeness (QED) is 0.558. The second kappa shape index (κ2) is 9.24. The fourth-order valence-corrected chi connectivity index (χ4v) is 3.43. The highest BCUT2D eigenvalue weighted by molar-refractivity contribution is 5.95. The first-order valence-electron chi connectivity index (χ1n) is 9.34. The largest absolute Gasteiger partial charge is 0.371 e. The van der Waals surface area contributed by atoms with Gasteiger partial charge in [-0.05, 0) is 18.4 Å². The Morgan fingerprint density at radius 2 is 1.62 bits per heavy atom. The number of hydrogen-bond acceptors (Lipinski definition) is 6. The number of ether oxygens (including phenoxy) is 1. The highest BCUT2D eigenvalue weighted by Gasteiger charge is 2.29. The van der Waals surface area contributed by atoms with Gasteiger partial charge < -0.3 is 10.1 Å². The van der Waals surface area contributed by atoms with E-state index in [2.05, 4.69) is 5.32 Å². The van der Waals surface area contributed by atoms with Crippen LogP contribution in [-0.2, 0) is 11.3 Å². The van der Waals surface area contributed by atoms with Crippen LogP contribution >= 0.6 is 0 Å². The lowest BCUT2D eigenvalue weighted by Gasteiger charge is -2.32. The third kappa shape index (κ3) is 5.35. The van der Waals surface area contributed by atoms with Crippen molar-refractivity contribution in [1.29, 1.82) is 0 Å². The molecule has 2 unspecified atom stereocenters. The number of nitro groups is 2. The van der Waals surface area contributed by atoms with E-state index in [4.69, 9.17) is 4.74 Å². The average molecular weight is 399 g/mol. The lowest BCUT2D eigenvalue weighted by molar-refractivity contribution is -0.394. The Balaban J connectivity index is 1.72. The molecule has 1 amide bonds. The molecule has 9 heteroatoms. The van der Waals surface area contributed by atoms with Crippen molar-refractivity contribution in [2.24, 2.45) is 0 Å². The summed E-state index contributed by atoms with van der Waals surface area (Å²) in [5, 5.41) is 24.9. The van der Waals surface area contributed by atoms with Crippen LogP contribution in [0, 0.1) is 20.2 Å².